The normalized spacial score (nSPS) is 12.1. The van der Waals surface area contributed by atoms with E-state index in [0.717, 1.165) is 11.3 Å². The number of hydrogen-bond donors (Lipinski definition) is 1. The molecule has 0 spiro atoms. The van der Waals surface area contributed by atoms with Crippen molar-refractivity contribution in [3.8, 4) is 5.75 Å². The van der Waals surface area contributed by atoms with Gasteiger partial charge in [-0.3, -0.25) is 4.79 Å². The summed E-state index contributed by atoms with van der Waals surface area (Å²) in [6, 6.07) is 7.74. The molecule has 3 heteroatoms. The fourth-order valence-corrected chi connectivity index (χ4v) is 1.34. The summed E-state index contributed by atoms with van der Waals surface area (Å²) < 4.78 is 5.32. The largest absolute Gasteiger partial charge is 0.494 e. The molecule has 1 unspecified atom stereocenters. The number of primary amides is 1. The van der Waals surface area contributed by atoms with Crippen molar-refractivity contribution >= 4 is 5.91 Å². The smallest absolute Gasteiger partial charge is 0.220 e. The Morgan fingerprint density at radius 2 is 2.00 bits per heavy atom. The fourth-order valence-electron chi connectivity index (χ4n) is 1.34. The third-order valence-electron chi connectivity index (χ3n) is 2.26. The lowest BCUT2D eigenvalue weighted by molar-refractivity contribution is -0.121. The number of carbonyl (C=O) groups is 1. The third-order valence-corrected chi connectivity index (χ3v) is 2.26. The van der Waals surface area contributed by atoms with Crippen molar-refractivity contribution in [2.75, 3.05) is 6.61 Å². The van der Waals surface area contributed by atoms with Gasteiger partial charge in [0.25, 0.3) is 0 Å². The molecule has 0 bridgehead atoms. The molecule has 1 rings (SSSR count). The summed E-state index contributed by atoms with van der Waals surface area (Å²) in [4.78, 5) is 10.9. The van der Waals surface area contributed by atoms with Gasteiger partial charge in [0.15, 0.2) is 0 Å². The molecule has 1 atom stereocenters. The molecule has 0 radical (unpaired) electrons. The zero-order valence-electron chi connectivity index (χ0n) is 9.19. The van der Waals surface area contributed by atoms with Crippen LogP contribution >= 0.6 is 0 Å². The summed E-state index contributed by atoms with van der Waals surface area (Å²) in [7, 11) is 0. The number of ether oxygens (including phenoxy) is 1. The number of carbonyl (C=O) groups excluding carboxylic acids is 1. The summed E-state index contributed by atoms with van der Waals surface area (Å²) in [5.41, 5.74) is 6.30. The van der Waals surface area contributed by atoms with Crippen molar-refractivity contribution in [1.82, 2.24) is 0 Å². The molecule has 2 N–H and O–H groups in total. The Labute approximate surface area is 90.2 Å². The van der Waals surface area contributed by atoms with Crippen LogP contribution in [-0.4, -0.2) is 12.5 Å². The minimum Gasteiger partial charge on any atom is -0.494 e. The molecule has 0 aliphatic rings. The van der Waals surface area contributed by atoms with Crippen molar-refractivity contribution in [2.45, 2.75) is 20.3 Å². The van der Waals surface area contributed by atoms with Gasteiger partial charge in [-0.1, -0.05) is 19.1 Å². The van der Waals surface area contributed by atoms with Gasteiger partial charge >= 0.3 is 0 Å². The van der Waals surface area contributed by atoms with E-state index in [4.69, 9.17) is 10.5 Å². The van der Waals surface area contributed by atoms with Gasteiger partial charge in [-0.05, 0) is 31.0 Å². The Morgan fingerprint density at radius 1 is 1.40 bits per heavy atom. The molecular formula is C12H17NO2. The molecule has 0 saturated carbocycles. The van der Waals surface area contributed by atoms with E-state index in [0.29, 0.717) is 13.0 Å². The maximum atomic E-state index is 10.9. The first kappa shape index (κ1) is 11.6. The molecule has 1 aromatic carbocycles. The lowest BCUT2D eigenvalue weighted by Gasteiger charge is -2.08. The lowest BCUT2D eigenvalue weighted by atomic mass is 10.0. The first-order valence-electron chi connectivity index (χ1n) is 5.14. The summed E-state index contributed by atoms with van der Waals surface area (Å²) in [5, 5.41) is 0. The first-order chi connectivity index (χ1) is 7.13. The Bertz CT molecular complexity index is 319. The van der Waals surface area contributed by atoms with E-state index < -0.39 is 0 Å². The average Bonchev–Trinajstić information content (AvgIpc) is 2.21. The van der Waals surface area contributed by atoms with E-state index >= 15 is 0 Å². The molecule has 0 aliphatic carbocycles. The summed E-state index contributed by atoms with van der Waals surface area (Å²) in [5.74, 6) is 0.472. The summed E-state index contributed by atoms with van der Waals surface area (Å²) >= 11 is 0. The predicted molar refractivity (Wildman–Crippen MR) is 59.7 cm³/mol. The Kier molecular flexibility index (Phi) is 4.16. The van der Waals surface area contributed by atoms with Crippen LogP contribution in [0, 0.1) is 5.92 Å². The van der Waals surface area contributed by atoms with Crippen molar-refractivity contribution in [3.05, 3.63) is 29.8 Å². The van der Waals surface area contributed by atoms with Crippen LogP contribution in [0.3, 0.4) is 0 Å². The first-order valence-corrected chi connectivity index (χ1v) is 5.14. The predicted octanol–water partition coefficient (Wildman–Crippen LogP) is 1.75. The van der Waals surface area contributed by atoms with Crippen LogP contribution in [0.5, 0.6) is 5.75 Å². The van der Waals surface area contributed by atoms with Gasteiger partial charge in [0.05, 0.1) is 6.61 Å². The van der Waals surface area contributed by atoms with Gasteiger partial charge in [-0.15, -0.1) is 0 Å². The molecule has 1 aromatic rings. The molecule has 1 amide bonds. The topological polar surface area (TPSA) is 52.3 Å². The molecule has 0 saturated heterocycles. The van der Waals surface area contributed by atoms with Crippen LogP contribution < -0.4 is 10.5 Å². The third kappa shape index (κ3) is 3.62. The van der Waals surface area contributed by atoms with E-state index in [9.17, 15) is 4.79 Å². The lowest BCUT2D eigenvalue weighted by Crippen LogP contribution is -2.22. The molecular weight excluding hydrogens is 190 g/mol. The van der Waals surface area contributed by atoms with Gasteiger partial charge in [-0.25, -0.2) is 0 Å². The van der Waals surface area contributed by atoms with Crippen molar-refractivity contribution in [2.24, 2.45) is 11.7 Å². The SMILES string of the molecule is CCOc1ccc(CC(C)C(N)=O)cc1. The highest BCUT2D eigenvalue weighted by molar-refractivity contribution is 5.76. The molecule has 0 aliphatic heterocycles. The second-order valence-electron chi connectivity index (χ2n) is 3.58. The van der Waals surface area contributed by atoms with Crippen LogP contribution in [0.2, 0.25) is 0 Å². The monoisotopic (exact) mass is 207 g/mol. The van der Waals surface area contributed by atoms with Crippen LogP contribution in [-0.2, 0) is 11.2 Å². The standard InChI is InChI=1S/C12H17NO2/c1-3-15-11-6-4-10(5-7-11)8-9(2)12(13)14/h4-7,9H,3,8H2,1-2H3,(H2,13,14). The Hall–Kier alpha value is -1.51. The molecule has 0 heterocycles. The minimum atomic E-state index is -0.260. The van der Waals surface area contributed by atoms with E-state index in [1.807, 2.05) is 38.1 Å². The zero-order valence-corrected chi connectivity index (χ0v) is 9.19. The van der Waals surface area contributed by atoms with Crippen LogP contribution in [0.4, 0.5) is 0 Å². The Morgan fingerprint density at radius 3 is 2.47 bits per heavy atom. The van der Waals surface area contributed by atoms with Crippen LogP contribution in [0.1, 0.15) is 19.4 Å². The van der Waals surface area contributed by atoms with Gasteiger partial charge in [0.2, 0.25) is 5.91 Å². The minimum absolute atomic E-state index is 0.122. The number of rotatable bonds is 5. The molecule has 82 valence electrons. The van der Waals surface area contributed by atoms with Gasteiger partial charge in [0.1, 0.15) is 5.75 Å². The molecule has 0 aromatic heterocycles. The van der Waals surface area contributed by atoms with Crippen LogP contribution in [0.15, 0.2) is 24.3 Å². The average molecular weight is 207 g/mol. The number of benzene rings is 1. The van der Waals surface area contributed by atoms with Gasteiger partial charge in [0, 0.05) is 5.92 Å². The van der Waals surface area contributed by atoms with E-state index in [2.05, 4.69) is 0 Å². The highest BCUT2D eigenvalue weighted by Gasteiger charge is 2.09. The van der Waals surface area contributed by atoms with Crippen LogP contribution in [0.25, 0.3) is 0 Å². The Balaban J connectivity index is 2.60. The van der Waals surface area contributed by atoms with E-state index in [1.54, 1.807) is 0 Å². The summed E-state index contributed by atoms with van der Waals surface area (Å²) in [6.07, 6.45) is 0.682. The van der Waals surface area contributed by atoms with Crippen molar-refractivity contribution in [3.63, 3.8) is 0 Å². The van der Waals surface area contributed by atoms with Crippen molar-refractivity contribution in [1.29, 1.82) is 0 Å². The maximum Gasteiger partial charge on any atom is 0.220 e. The summed E-state index contributed by atoms with van der Waals surface area (Å²) in [6.45, 7) is 4.44. The van der Waals surface area contributed by atoms with E-state index in [-0.39, 0.29) is 11.8 Å². The number of hydrogen-bond acceptors (Lipinski definition) is 2. The number of amides is 1. The second kappa shape index (κ2) is 5.39. The van der Waals surface area contributed by atoms with E-state index in [1.165, 1.54) is 0 Å². The molecule has 0 fully saturated rings. The number of nitrogens with two attached hydrogens (primary N) is 1. The quantitative estimate of drug-likeness (QED) is 0.799. The second-order valence-corrected chi connectivity index (χ2v) is 3.58. The fraction of sp³-hybridized carbons (Fsp3) is 0.417. The molecule has 15 heavy (non-hydrogen) atoms. The molecule has 3 nitrogen and oxygen atoms in total. The highest BCUT2D eigenvalue weighted by Crippen LogP contribution is 2.14. The zero-order chi connectivity index (χ0) is 11.3. The van der Waals surface area contributed by atoms with Gasteiger partial charge < -0.3 is 10.5 Å². The van der Waals surface area contributed by atoms with Crippen molar-refractivity contribution < 1.29 is 9.53 Å². The highest BCUT2D eigenvalue weighted by atomic mass is 16.5. The maximum absolute atomic E-state index is 10.9. The van der Waals surface area contributed by atoms with Gasteiger partial charge in [-0.2, -0.15) is 0 Å².